The summed E-state index contributed by atoms with van der Waals surface area (Å²) in [6, 6.07) is 7.69. The molecular weight excluding hydrogens is 340 g/mol. The molecule has 0 aliphatic rings. The zero-order valence-corrected chi connectivity index (χ0v) is 13.7. The first-order valence-corrected chi connectivity index (χ1v) is 8.63. The molecule has 3 aromatic rings. The third-order valence-electron chi connectivity index (χ3n) is 3.28. The van der Waals surface area contributed by atoms with Crippen molar-refractivity contribution in [3.05, 3.63) is 58.2 Å². The van der Waals surface area contributed by atoms with Crippen molar-refractivity contribution in [2.45, 2.75) is 18.4 Å². The average molecular weight is 353 g/mol. The molecule has 0 unspecified atom stereocenters. The molecule has 0 aliphatic heterocycles. The summed E-state index contributed by atoms with van der Waals surface area (Å²) in [7, 11) is -3.83. The summed E-state index contributed by atoms with van der Waals surface area (Å²) < 4.78 is 30.0. The Bertz CT molecular complexity index is 1040. The predicted molar refractivity (Wildman–Crippen MR) is 87.4 cm³/mol. The molecule has 0 aliphatic carbocycles. The quantitative estimate of drug-likeness (QED) is 0.777. The molecule has 3 rings (SSSR count). The van der Waals surface area contributed by atoms with Gasteiger partial charge in [-0.1, -0.05) is 17.7 Å². The summed E-state index contributed by atoms with van der Waals surface area (Å²) >= 11 is 5.85. The third kappa shape index (κ3) is 2.95. The highest BCUT2D eigenvalue weighted by atomic mass is 35.5. The Hall–Kier alpha value is -2.32. The number of aromatic nitrogens is 3. The summed E-state index contributed by atoms with van der Waals surface area (Å²) in [5.41, 5.74) is 0.240. The van der Waals surface area contributed by atoms with Crippen molar-refractivity contribution in [1.29, 1.82) is 0 Å². The van der Waals surface area contributed by atoms with Crippen molar-refractivity contribution in [1.82, 2.24) is 14.2 Å². The zero-order chi connectivity index (χ0) is 16.6. The van der Waals surface area contributed by atoms with E-state index in [2.05, 4.69) is 9.82 Å². The smallest absolute Gasteiger partial charge is 0.291 e. The Kier molecular flexibility index (Phi) is 3.87. The number of hydrogen-bond donors (Lipinski definition) is 1. The summed E-state index contributed by atoms with van der Waals surface area (Å²) in [5.74, 6) is 0. The molecule has 0 amide bonds. The van der Waals surface area contributed by atoms with Crippen LogP contribution in [0.3, 0.4) is 0 Å². The summed E-state index contributed by atoms with van der Waals surface area (Å²) in [6.07, 6.45) is 2.75. The third-order valence-corrected chi connectivity index (χ3v) is 4.86. The van der Waals surface area contributed by atoms with E-state index < -0.39 is 10.0 Å². The fourth-order valence-electron chi connectivity index (χ4n) is 2.16. The highest BCUT2D eigenvalue weighted by molar-refractivity contribution is 7.92. The molecule has 2 aromatic heterocycles. The van der Waals surface area contributed by atoms with E-state index in [-0.39, 0.29) is 16.0 Å². The molecule has 0 fully saturated rings. The maximum Gasteiger partial charge on any atom is 0.291 e. The molecule has 0 saturated heterocycles. The normalized spacial score (nSPS) is 11.7. The number of fused-ring (bicyclic) bond motifs is 1. The average Bonchev–Trinajstić information content (AvgIpc) is 2.93. The second-order valence-electron chi connectivity index (χ2n) is 4.84. The lowest BCUT2D eigenvalue weighted by atomic mass is 10.3. The Morgan fingerprint density at radius 2 is 2.09 bits per heavy atom. The lowest BCUT2D eigenvalue weighted by Crippen LogP contribution is -2.23. The summed E-state index contributed by atoms with van der Waals surface area (Å²) in [4.78, 5) is 12.1. The minimum atomic E-state index is -3.83. The molecule has 7 nitrogen and oxygen atoms in total. The van der Waals surface area contributed by atoms with Gasteiger partial charge in [0.15, 0.2) is 0 Å². The minimum absolute atomic E-state index is 0.0229. The van der Waals surface area contributed by atoms with Crippen LogP contribution in [0.2, 0.25) is 5.02 Å². The van der Waals surface area contributed by atoms with Gasteiger partial charge in [-0.25, -0.2) is 13.1 Å². The van der Waals surface area contributed by atoms with E-state index in [4.69, 9.17) is 11.6 Å². The number of sulfonamides is 1. The van der Waals surface area contributed by atoms with E-state index in [1.807, 2.05) is 0 Å². The van der Waals surface area contributed by atoms with Gasteiger partial charge in [-0.2, -0.15) is 5.10 Å². The number of aryl methyl sites for hydroxylation is 1. The SMILES string of the molecule is CCn1ncn2cc(S(=O)(=O)Nc3cccc(Cl)c3)cc2c1=O. The fourth-order valence-corrected chi connectivity index (χ4v) is 3.43. The van der Waals surface area contributed by atoms with Crippen molar-refractivity contribution in [2.75, 3.05) is 4.72 Å². The second-order valence-corrected chi connectivity index (χ2v) is 6.95. The van der Waals surface area contributed by atoms with Crippen LogP contribution in [-0.2, 0) is 16.6 Å². The number of hydrogen-bond acceptors (Lipinski definition) is 4. The Morgan fingerprint density at radius 3 is 2.78 bits per heavy atom. The van der Waals surface area contributed by atoms with E-state index in [1.165, 1.54) is 33.7 Å². The van der Waals surface area contributed by atoms with Crippen molar-refractivity contribution in [2.24, 2.45) is 0 Å². The van der Waals surface area contributed by atoms with Crippen LogP contribution in [-0.4, -0.2) is 22.6 Å². The first-order chi connectivity index (χ1) is 10.9. The Morgan fingerprint density at radius 1 is 1.30 bits per heavy atom. The largest absolute Gasteiger partial charge is 0.300 e. The van der Waals surface area contributed by atoms with Gasteiger partial charge >= 0.3 is 0 Å². The van der Waals surface area contributed by atoms with Gasteiger partial charge in [-0.15, -0.1) is 0 Å². The van der Waals surface area contributed by atoms with Gasteiger partial charge < -0.3 is 0 Å². The van der Waals surface area contributed by atoms with Crippen LogP contribution in [0.1, 0.15) is 6.92 Å². The highest BCUT2D eigenvalue weighted by Gasteiger charge is 2.18. The standard InChI is InChI=1S/C14H13ClN4O3S/c1-2-19-14(20)13-7-12(8-18(13)9-16-19)23(21,22)17-11-5-3-4-10(15)6-11/h3-9,17H,2H2,1H3. The molecule has 0 radical (unpaired) electrons. The Balaban J connectivity index is 2.05. The van der Waals surface area contributed by atoms with Crippen LogP contribution >= 0.6 is 11.6 Å². The monoisotopic (exact) mass is 352 g/mol. The summed E-state index contributed by atoms with van der Waals surface area (Å²) in [6.45, 7) is 2.19. The number of nitrogens with one attached hydrogen (secondary N) is 1. The van der Waals surface area contributed by atoms with Crippen LogP contribution in [0.4, 0.5) is 5.69 Å². The van der Waals surface area contributed by atoms with Crippen LogP contribution in [0, 0.1) is 0 Å². The van der Waals surface area contributed by atoms with E-state index in [1.54, 1.807) is 25.1 Å². The van der Waals surface area contributed by atoms with Gasteiger partial charge in [-0.05, 0) is 31.2 Å². The molecule has 1 aromatic carbocycles. The predicted octanol–water partition coefficient (Wildman–Crippen LogP) is 1.97. The molecule has 1 N–H and O–H groups in total. The second kappa shape index (κ2) is 5.71. The molecule has 0 spiro atoms. The zero-order valence-electron chi connectivity index (χ0n) is 12.1. The van der Waals surface area contributed by atoms with Crippen LogP contribution in [0.25, 0.3) is 5.52 Å². The number of halogens is 1. The van der Waals surface area contributed by atoms with Crippen molar-refractivity contribution in [3.63, 3.8) is 0 Å². The first-order valence-electron chi connectivity index (χ1n) is 6.77. The number of rotatable bonds is 4. The number of nitrogens with zero attached hydrogens (tertiary/aromatic N) is 3. The maximum atomic E-state index is 12.5. The topological polar surface area (TPSA) is 85.5 Å². The molecule has 0 bridgehead atoms. The molecule has 9 heteroatoms. The van der Waals surface area contributed by atoms with E-state index >= 15 is 0 Å². The van der Waals surface area contributed by atoms with Gasteiger partial charge in [0.1, 0.15) is 16.7 Å². The lowest BCUT2D eigenvalue weighted by Gasteiger charge is -2.06. The maximum absolute atomic E-state index is 12.5. The summed E-state index contributed by atoms with van der Waals surface area (Å²) in [5, 5.41) is 4.37. The lowest BCUT2D eigenvalue weighted by molar-refractivity contribution is 0.601. The molecule has 2 heterocycles. The van der Waals surface area contributed by atoms with Gasteiger partial charge in [0.25, 0.3) is 15.6 Å². The van der Waals surface area contributed by atoms with Crippen LogP contribution in [0.5, 0.6) is 0 Å². The van der Waals surface area contributed by atoms with E-state index in [0.717, 1.165) is 0 Å². The molecular formula is C14H13ClN4O3S. The molecule has 0 saturated carbocycles. The van der Waals surface area contributed by atoms with E-state index in [0.29, 0.717) is 17.3 Å². The van der Waals surface area contributed by atoms with Crippen molar-refractivity contribution >= 4 is 32.8 Å². The van der Waals surface area contributed by atoms with Gasteiger partial charge in [0.05, 0.1) is 5.69 Å². The highest BCUT2D eigenvalue weighted by Crippen LogP contribution is 2.20. The number of benzene rings is 1. The minimum Gasteiger partial charge on any atom is -0.300 e. The van der Waals surface area contributed by atoms with Gasteiger partial charge in [-0.3, -0.25) is 13.9 Å². The molecule has 0 atom stereocenters. The van der Waals surface area contributed by atoms with Crippen molar-refractivity contribution in [3.8, 4) is 0 Å². The Labute approximate surface area is 137 Å². The van der Waals surface area contributed by atoms with Gasteiger partial charge in [0, 0.05) is 17.8 Å². The fraction of sp³-hybridized carbons (Fsp3) is 0.143. The molecule has 23 heavy (non-hydrogen) atoms. The van der Waals surface area contributed by atoms with Gasteiger partial charge in [0.2, 0.25) is 0 Å². The van der Waals surface area contributed by atoms with Crippen LogP contribution in [0.15, 0.2) is 52.5 Å². The van der Waals surface area contributed by atoms with E-state index in [9.17, 15) is 13.2 Å². The van der Waals surface area contributed by atoms with Crippen molar-refractivity contribution < 1.29 is 8.42 Å². The molecule has 120 valence electrons. The van der Waals surface area contributed by atoms with Crippen LogP contribution < -0.4 is 10.3 Å². The first kappa shape index (κ1) is 15.6. The number of anilines is 1.